The number of ether oxygens (including phenoxy) is 1. The van der Waals surface area contributed by atoms with Crippen LogP contribution in [0.15, 0.2) is 48.5 Å². The molecule has 3 fully saturated rings. The zero-order valence-electron chi connectivity index (χ0n) is 19.2. The number of para-hydroxylation sites is 1. The number of hydrogen-bond donors (Lipinski definition) is 0. The van der Waals surface area contributed by atoms with Gasteiger partial charge in [-0.05, 0) is 42.9 Å². The number of anilines is 1. The molecule has 2 saturated heterocycles. The van der Waals surface area contributed by atoms with Crippen LogP contribution in [0.2, 0.25) is 0 Å². The van der Waals surface area contributed by atoms with E-state index in [0.717, 1.165) is 25.1 Å². The zero-order chi connectivity index (χ0) is 23.1. The summed E-state index contributed by atoms with van der Waals surface area (Å²) in [6.07, 6.45) is 2.47. The Morgan fingerprint density at radius 3 is 2.58 bits per heavy atom. The van der Waals surface area contributed by atoms with Crippen molar-refractivity contribution in [1.29, 1.82) is 0 Å². The lowest BCUT2D eigenvalue weighted by molar-refractivity contribution is -0.122. The number of benzene rings is 2. The molecule has 0 radical (unpaired) electrons. The second kappa shape index (κ2) is 8.75. The molecule has 4 unspecified atom stereocenters. The Labute approximate surface area is 194 Å². The number of piperidine rings is 1. The van der Waals surface area contributed by atoms with Gasteiger partial charge in [0.2, 0.25) is 11.8 Å². The maximum atomic E-state index is 13.1. The average molecular weight is 447 g/mol. The van der Waals surface area contributed by atoms with E-state index in [1.807, 2.05) is 19.1 Å². The van der Waals surface area contributed by atoms with Gasteiger partial charge in [0.05, 0.1) is 17.9 Å². The van der Waals surface area contributed by atoms with Gasteiger partial charge in [-0.2, -0.15) is 0 Å². The highest BCUT2D eigenvalue weighted by Gasteiger charge is 2.47. The van der Waals surface area contributed by atoms with Crippen molar-refractivity contribution in [2.24, 2.45) is 17.8 Å². The first kappa shape index (κ1) is 21.8. The highest BCUT2D eigenvalue weighted by molar-refractivity contribution is 6.23. The van der Waals surface area contributed by atoms with Gasteiger partial charge in [0.25, 0.3) is 0 Å². The van der Waals surface area contributed by atoms with Crippen LogP contribution in [0.5, 0.6) is 0 Å². The molecule has 1 saturated carbocycles. The molecule has 1 aliphatic carbocycles. The quantitative estimate of drug-likeness (QED) is 0.496. The van der Waals surface area contributed by atoms with Gasteiger partial charge in [-0.3, -0.25) is 14.5 Å². The third-order valence-corrected chi connectivity index (χ3v) is 7.56. The van der Waals surface area contributed by atoms with E-state index >= 15 is 0 Å². The second-order valence-electron chi connectivity index (χ2n) is 9.73. The molecule has 4 atom stereocenters. The first-order chi connectivity index (χ1) is 15.9. The van der Waals surface area contributed by atoms with Crippen molar-refractivity contribution in [2.75, 3.05) is 18.1 Å². The molecule has 3 aliphatic rings. The third-order valence-electron chi connectivity index (χ3n) is 7.56. The molecule has 2 aromatic rings. The molecule has 2 aromatic carbocycles. The van der Waals surface area contributed by atoms with Gasteiger partial charge >= 0.3 is 5.97 Å². The molecule has 2 bridgehead atoms. The van der Waals surface area contributed by atoms with Crippen LogP contribution in [-0.2, 0) is 20.9 Å². The van der Waals surface area contributed by atoms with E-state index < -0.39 is 5.97 Å². The molecule has 2 heterocycles. The number of aryl methyl sites for hydroxylation is 1. The van der Waals surface area contributed by atoms with Crippen molar-refractivity contribution < 1.29 is 19.1 Å². The van der Waals surface area contributed by atoms with Crippen molar-refractivity contribution in [2.45, 2.75) is 45.7 Å². The number of carbonyl (C=O) groups excluding carboxylic acids is 3. The normalized spacial score (nSPS) is 26.9. The number of likely N-dealkylation sites (tertiary alicyclic amines) is 1. The van der Waals surface area contributed by atoms with Crippen LogP contribution in [0.25, 0.3) is 0 Å². The maximum absolute atomic E-state index is 13.1. The standard InChI is InChI=1S/C27H30N2O4/c1-17-7-6-10-21(25(17)29-24(30)13-18(2)26(29)31)27(32)33-16-22-20-11-12-23(22)28(15-20)14-19-8-4-3-5-9-19/h3-10,18,20,22-23H,11-16H2,1-2H3. The number of imide groups is 1. The van der Waals surface area contributed by atoms with Crippen molar-refractivity contribution >= 4 is 23.5 Å². The lowest BCUT2D eigenvalue weighted by Crippen LogP contribution is -2.34. The van der Waals surface area contributed by atoms with Crippen LogP contribution in [0, 0.1) is 24.7 Å². The van der Waals surface area contributed by atoms with Crippen molar-refractivity contribution in [1.82, 2.24) is 4.90 Å². The van der Waals surface area contributed by atoms with Crippen LogP contribution >= 0.6 is 0 Å². The summed E-state index contributed by atoms with van der Waals surface area (Å²) in [5.74, 6) is -0.498. The van der Waals surface area contributed by atoms with E-state index in [4.69, 9.17) is 4.74 Å². The van der Waals surface area contributed by atoms with Crippen molar-refractivity contribution in [3.8, 4) is 0 Å². The van der Waals surface area contributed by atoms with E-state index in [1.54, 1.807) is 19.1 Å². The first-order valence-corrected chi connectivity index (χ1v) is 11.9. The summed E-state index contributed by atoms with van der Waals surface area (Å²) in [5.41, 5.74) is 2.69. The van der Waals surface area contributed by atoms with Crippen LogP contribution in [0.3, 0.4) is 0 Å². The van der Waals surface area contributed by atoms with Gasteiger partial charge < -0.3 is 4.74 Å². The number of hydrogen-bond acceptors (Lipinski definition) is 5. The predicted molar refractivity (Wildman–Crippen MR) is 125 cm³/mol. The maximum Gasteiger partial charge on any atom is 0.340 e. The highest BCUT2D eigenvalue weighted by Crippen LogP contribution is 2.43. The number of esters is 1. The smallest absolute Gasteiger partial charge is 0.340 e. The summed E-state index contributed by atoms with van der Waals surface area (Å²) in [4.78, 5) is 42.0. The third kappa shape index (κ3) is 3.97. The summed E-state index contributed by atoms with van der Waals surface area (Å²) < 4.78 is 5.83. The SMILES string of the molecule is Cc1cccc(C(=O)OCC2C3CCC2N(Cc2ccccc2)C3)c1N1C(=O)CC(C)C1=O. The average Bonchev–Trinajstić information content (AvgIpc) is 3.43. The largest absolute Gasteiger partial charge is 0.462 e. The minimum atomic E-state index is -0.463. The van der Waals surface area contributed by atoms with E-state index in [-0.39, 0.29) is 29.7 Å². The highest BCUT2D eigenvalue weighted by atomic mass is 16.5. The summed E-state index contributed by atoms with van der Waals surface area (Å²) in [5, 5.41) is 0. The number of carbonyl (C=O) groups is 3. The molecule has 0 spiro atoms. The molecule has 0 aromatic heterocycles. The monoisotopic (exact) mass is 446 g/mol. The van der Waals surface area contributed by atoms with Crippen LogP contribution in [0.4, 0.5) is 5.69 Å². The molecule has 172 valence electrons. The predicted octanol–water partition coefficient (Wildman–Crippen LogP) is 3.96. The topological polar surface area (TPSA) is 66.9 Å². The Morgan fingerprint density at radius 1 is 1.06 bits per heavy atom. The van der Waals surface area contributed by atoms with Crippen LogP contribution < -0.4 is 4.90 Å². The Morgan fingerprint density at radius 2 is 1.85 bits per heavy atom. The number of amides is 2. The Kier molecular flexibility index (Phi) is 5.79. The Hall–Kier alpha value is -2.99. The number of fused-ring (bicyclic) bond motifs is 2. The summed E-state index contributed by atoms with van der Waals surface area (Å²) in [6.45, 7) is 5.88. The van der Waals surface area contributed by atoms with Gasteiger partial charge in [-0.25, -0.2) is 9.69 Å². The van der Waals surface area contributed by atoms with Crippen molar-refractivity contribution in [3.63, 3.8) is 0 Å². The molecule has 0 N–H and O–H groups in total. The zero-order valence-corrected chi connectivity index (χ0v) is 19.2. The Bertz CT molecular complexity index is 1080. The summed E-state index contributed by atoms with van der Waals surface area (Å²) in [7, 11) is 0. The number of nitrogens with zero attached hydrogens (tertiary/aromatic N) is 2. The fraction of sp³-hybridized carbons (Fsp3) is 0.444. The van der Waals surface area contributed by atoms with Gasteiger partial charge in [0.1, 0.15) is 0 Å². The van der Waals surface area contributed by atoms with Crippen LogP contribution in [-0.4, -0.2) is 41.9 Å². The van der Waals surface area contributed by atoms with Gasteiger partial charge in [-0.1, -0.05) is 49.4 Å². The minimum Gasteiger partial charge on any atom is -0.462 e. The minimum absolute atomic E-state index is 0.171. The lowest BCUT2D eigenvalue weighted by Gasteiger charge is -2.27. The molecule has 33 heavy (non-hydrogen) atoms. The molecular weight excluding hydrogens is 416 g/mol. The van der Waals surface area contributed by atoms with Gasteiger partial charge in [0.15, 0.2) is 0 Å². The lowest BCUT2D eigenvalue weighted by atomic mass is 9.99. The molecular formula is C27H30N2O4. The van der Waals surface area contributed by atoms with E-state index in [9.17, 15) is 14.4 Å². The molecule has 2 amide bonds. The number of rotatable bonds is 6. The Balaban J connectivity index is 1.29. The van der Waals surface area contributed by atoms with E-state index in [1.165, 1.54) is 16.9 Å². The fourth-order valence-corrected chi connectivity index (χ4v) is 5.88. The van der Waals surface area contributed by atoms with Gasteiger partial charge in [0, 0.05) is 37.4 Å². The fourth-order valence-electron chi connectivity index (χ4n) is 5.88. The second-order valence-corrected chi connectivity index (χ2v) is 9.73. The molecule has 6 nitrogen and oxygen atoms in total. The van der Waals surface area contributed by atoms with Gasteiger partial charge in [-0.15, -0.1) is 0 Å². The van der Waals surface area contributed by atoms with Crippen LogP contribution in [0.1, 0.15) is 47.7 Å². The summed E-state index contributed by atoms with van der Waals surface area (Å²) in [6, 6.07) is 16.1. The first-order valence-electron chi connectivity index (χ1n) is 11.9. The molecule has 5 rings (SSSR count). The van der Waals surface area contributed by atoms with Crippen molar-refractivity contribution in [3.05, 3.63) is 65.2 Å². The van der Waals surface area contributed by atoms with E-state index in [2.05, 4.69) is 29.2 Å². The molecule has 2 aliphatic heterocycles. The summed E-state index contributed by atoms with van der Waals surface area (Å²) >= 11 is 0. The molecule has 6 heteroatoms. The van der Waals surface area contributed by atoms with E-state index in [0.29, 0.717) is 30.2 Å².